The van der Waals surface area contributed by atoms with Crippen molar-refractivity contribution >= 4 is 29.2 Å². The molecule has 2 aromatic carbocycles. The number of nitrogens with zero attached hydrogens (tertiary/aromatic N) is 2. The Kier molecular flexibility index (Phi) is 8.46. The van der Waals surface area contributed by atoms with Gasteiger partial charge in [-0.25, -0.2) is 4.79 Å². The van der Waals surface area contributed by atoms with Crippen molar-refractivity contribution in [1.82, 2.24) is 4.57 Å². The van der Waals surface area contributed by atoms with Crippen LogP contribution in [0, 0.1) is 11.3 Å². The highest BCUT2D eigenvalue weighted by Crippen LogP contribution is 2.34. The van der Waals surface area contributed by atoms with Crippen LogP contribution in [0.1, 0.15) is 47.6 Å². The number of benzene rings is 2. The number of carboxylic acid groups (broad SMARTS) is 1. The minimum atomic E-state index is -1.08. The van der Waals surface area contributed by atoms with Crippen LogP contribution in [0.15, 0.2) is 59.5 Å². The van der Waals surface area contributed by atoms with Crippen LogP contribution < -0.4 is 15.6 Å². The molecule has 1 saturated carbocycles. The molecule has 1 fully saturated rings. The first-order valence-corrected chi connectivity index (χ1v) is 12.4. The largest absolute Gasteiger partial charge is 0.495 e. The molecule has 3 aromatic rings. The van der Waals surface area contributed by atoms with Gasteiger partial charge in [0, 0.05) is 40.9 Å². The van der Waals surface area contributed by atoms with E-state index in [-0.39, 0.29) is 30.4 Å². The molecule has 0 unspecified atom stereocenters. The molecule has 1 aliphatic carbocycles. The van der Waals surface area contributed by atoms with Gasteiger partial charge in [0.1, 0.15) is 11.8 Å². The molecular formula is C28H26ClN3O6. The van der Waals surface area contributed by atoms with Gasteiger partial charge in [-0.15, -0.1) is 0 Å². The molecule has 0 aliphatic heterocycles. The van der Waals surface area contributed by atoms with Crippen LogP contribution in [0.3, 0.4) is 0 Å². The Labute approximate surface area is 224 Å². The normalized spacial score (nSPS) is 13.7. The standard InChI is InChI=1S/C28H26ClN3O6/c1-37-25-16-32(26(33)14-23(25)22-13-19(29)8-5-18(22)15-30)24(11-12-38-21-3-2-4-21)27(34)31-20-9-6-17(7-10-20)28(35)36/h5-10,13-14,16,21,24H,2-4,11-12H2,1H3,(H,31,34)(H,35,36)/t24-/m0/s1. The first kappa shape index (κ1) is 26.9. The summed E-state index contributed by atoms with van der Waals surface area (Å²) in [5.74, 6) is -1.26. The van der Waals surface area contributed by atoms with Gasteiger partial charge in [0.2, 0.25) is 5.91 Å². The molecule has 4 rings (SSSR count). The Hall–Kier alpha value is -4.13. The number of aromatic nitrogens is 1. The number of ether oxygens (including phenoxy) is 2. The summed E-state index contributed by atoms with van der Waals surface area (Å²) >= 11 is 6.15. The first-order valence-electron chi connectivity index (χ1n) is 12.1. The summed E-state index contributed by atoms with van der Waals surface area (Å²) in [6.07, 6.45) is 4.86. The third-order valence-corrected chi connectivity index (χ3v) is 6.73. The molecular weight excluding hydrogens is 510 g/mol. The molecule has 1 aliphatic rings. The summed E-state index contributed by atoms with van der Waals surface area (Å²) in [7, 11) is 1.43. The number of anilines is 1. The number of nitriles is 1. The van der Waals surface area contributed by atoms with Gasteiger partial charge in [0.05, 0.1) is 36.6 Å². The van der Waals surface area contributed by atoms with Crippen LogP contribution in [-0.4, -0.2) is 41.4 Å². The van der Waals surface area contributed by atoms with Crippen molar-refractivity contribution in [2.45, 2.75) is 37.8 Å². The molecule has 1 heterocycles. The molecule has 0 radical (unpaired) electrons. The van der Waals surface area contributed by atoms with Crippen molar-refractivity contribution in [3.63, 3.8) is 0 Å². The molecule has 2 N–H and O–H groups in total. The molecule has 10 heteroatoms. The summed E-state index contributed by atoms with van der Waals surface area (Å²) in [4.78, 5) is 37.9. The van der Waals surface area contributed by atoms with Crippen molar-refractivity contribution in [1.29, 1.82) is 5.26 Å². The average molecular weight is 536 g/mol. The Balaban J connectivity index is 1.68. The van der Waals surface area contributed by atoms with Crippen LogP contribution in [0.25, 0.3) is 11.1 Å². The van der Waals surface area contributed by atoms with Gasteiger partial charge in [-0.2, -0.15) is 5.26 Å². The highest BCUT2D eigenvalue weighted by molar-refractivity contribution is 6.31. The number of aromatic carboxylic acids is 1. The number of nitrogens with one attached hydrogen (secondary N) is 1. The summed E-state index contributed by atoms with van der Waals surface area (Å²) < 4.78 is 12.7. The van der Waals surface area contributed by atoms with E-state index in [1.807, 2.05) is 0 Å². The lowest BCUT2D eigenvalue weighted by atomic mass is 9.96. The number of pyridine rings is 1. The van der Waals surface area contributed by atoms with E-state index >= 15 is 0 Å². The zero-order valence-electron chi connectivity index (χ0n) is 20.6. The van der Waals surface area contributed by atoms with Crippen molar-refractivity contribution in [2.24, 2.45) is 0 Å². The number of carbonyl (C=O) groups excluding carboxylic acids is 1. The van der Waals surface area contributed by atoms with Gasteiger partial charge in [0.15, 0.2) is 0 Å². The summed E-state index contributed by atoms with van der Waals surface area (Å²) in [6.45, 7) is 0.268. The van der Waals surface area contributed by atoms with Gasteiger partial charge >= 0.3 is 5.97 Å². The second-order valence-corrected chi connectivity index (χ2v) is 9.34. The molecule has 1 atom stereocenters. The van der Waals surface area contributed by atoms with E-state index in [2.05, 4.69) is 11.4 Å². The Bertz CT molecular complexity index is 1440. The predicted molar refractivity (Wildman–Crippen MR) is 142 cm³/mol. The smallest absolute Gasteiger partial charge is 0.335 e. The summed E-state index contributed by atoms with van der Waals surface area (Å²) in [5.41, 5.74) is 1.13. The lowest BCUT2D eigenvalue weighted by molar-refractivity contribution is -0.120. The molecule has 0 saturated heterocycles. The fourth-order valence-electron chi connectivity index (χ4n) is 4.18. The van der Waals surface area contributed by atoms with Crippen molar-refractivity contribution in [2.75, 3.05) is 19.0 Å². The van der Waals surface area contributed by atoms with E-state index in [1.165, 1.54) is 48.2 Å². The van der Waals surface area contributed by atoms with Crippen molar-refractivity contribution < 1.29 is 24.2 Å². The van der Waals surface area contributed by atoms with Crippen molar-refractivity contribution in [3.05, 3.63) is 81.2 Å². The summed E-state index contributed by atoms with van der Waals surface area (Å²) in [6, 6.07) is 12.9. The van der Waals surface area contributed by atoms with Crippen LogP contribution in [0.2, 0.25) is 5.02 Å². The Morgan fingerprint density at radius 2 is 1.92 bits per heavy atom. The summed E-state index contributed by atoms with van der Waals surface area (Å²) in [5, 5.41) is 21.8. The predicted octanol–water partition coefficient (Wildman–Crippen LogP) is 4.89. The zero-order chi connectivity index (χ0) is 27.2. The Morgan fingerprint density at radius 3 is 2.53 bits per heavy atom. The monoisotopic (exact) mass is 535 g/mol. The third-order valence-electron chi connectivity index (χ3n) is 6.49. The molecule has 0 spiro atoms. The number of carboxylic acids is 1. The number of halogens is 1. The quantitative estimate of drug-likeness (QED) is 0.378. The molecule has 38 heavy (non-hydrogen) atoms. The van der Waals surface area contributed by atoms with Crippen LogP contribution in [0.4, 0.5) is 5.69 Å². The van der Waals surface area contributed by atoms with E-state index in [9.17, 15) is 19.6 Å². The highest BCUT2D eigenvalue weighted by atomic mass is 35.5. The number of carbonyl (C=O) groups is 2. The molecule has 196 valence electrons. The van der Waals surface area contributed by atoms with E-state index in [4.69, 9.17) is 26.2 Å². The maximum absolute atomic E-state index is 13.4. The average Bonchev–Trinajstić information content (AvgIpc) is 2.88. The van der Waals surface area contributed by atoms with Gasteiger partial charge in [-0.3, -0.25) is 14.2 Å². The highest BCUT2D eigenvalue weighted by Gasteiger charge is 2.26. The fraction of sp³-hybridized carbons (Fsp3) is 0.286. The van der Waals surface area contributed by atoms with E-state index in [0.717, 1.165) is 19.3 Å². The maximum atomic E-state index is 13.4. The number of rotatable bonds is 10. The maximum Gasteiger partial charge on any atom is 0.335 e. The second-order valence-electron chi connectivity index (χ2n) is 8.90. The molecule has 1 amide bonds. The number of hydrogen-bond donors (Lipinski definition) is 2. The number of methoxy groups -OCH3 is 1. The topological polar surface area (TPSA) is 131 Å². The molecule has 1 aromatic heterocycles. The molecule has 9 nitrogen and oxygen atoms in total. The van der Waals surface area contributed by atoms with Gasteiger partial charge in [0.25, 0.3) is 5.56 Å². The SMILES string of the molecule is COc1cn([C@@H](CCOC2CCC2)C(=O)Nc2ccc(C(=O)O)cc2)c(=O)cc1-c1cc(Cl)ccc1C#N. The Morgan fingerprint density at radius 1 is 1.18 bits per heavy atom. The lowest BCUT2D eigenvalue weighted by Gasteiger charge is -2.27. The van der Waals surface area contributed by atoms with Gasteiger partial charge in [-0.05, 0) is 61.7 Å². The van der Waals surface area contributed by atoms with E-state index < -0.39 is 23.5 Å². The van der Waals surface area contributed by atoms with Gasteiger partial charge < -0.3 is 19.9 Å². The van der Waals surface area contributed by atoms with E-state index in [1.54, 1.807) is 18.2 Å². The minimum absolute atomic E-state index is 0.0859. The minimum Gasteiger partial charge on any atom is -0.495 e. The zero-order valence-corrected chi connectivity index (χ0v) is 21.4. The van der Waals surface area contributed by atoms with Crippen LogP contribution >= 0.6 is 11.6 Å². The van der Waals surface area contributed by atoms with Crippen LogP contribution in [0.5, 0.6) is 5.75 Å². The van der Waals surface area contributed by atoms with Gasteiger partial charge in [-0.1, -0.05) is 11.6 Å². The second kappa shape index (κ2) is 11.9. The third kappa shape index (κ3) is 6.05. The van der Waals surface area contributed by atoms with E-state index in [0.29, 0.717) is 27.4 Å². The number of amides is 1. The molecule has 0 bridgehead atoms. The fourth-order valence-corrected chi connectivity index (χ4v) is 4.36. The van der Waals surface area contributed by atoms with Crippen LogP contribution in [-0.2, 0) is 9.53 Å². The lowest BCUT2D eigenvalue weighted by Crippen LogP contribution is -2.34. The van der Waals surface area contributed by atoms with Crippen molar-refractivity contribution in [3.8, 4) is 22.9 Å². The number of hydrogen-bond acceptors (Lipinski definition) is 6. The first-order chi connectivity index (χ1) is 18.3.